The number of rotatable bonds is 6. The van der Waals surface area contributed by atoms with E-state index in [1.807, 2.05) is 12.1 Å². The molecular weight excluding hydrogens is 308 g/mol. The fourth-order valence-corrected chi connectivity index (χ4v) is 1.82. The summed E-state index contributed by atoms with van der Waals surface area (Å²) in [5, 5.41) is 11.3. The summed E-state index contributed by atoms with van der Waals surface area (Å²) in [4.78, 5) is 23.7. The maximum Gasteiger partial charge on any atom is 0.344 e. The van der Waals surface area contributed by atoms with Crippen LogP contribution in [-0.2, 0) is 14.3 Å². The Labute approximate surface area is 139 Å². The lowest BCUT2D eigenvalue weighted by Gasteiger charge is -2.14. The van der Waals surface area contributed by atoms with Gasteiger partial charge >= 0.3 is 5.97 Å². The fourth-order valence-electron chi connectivity index (χ4n) is 1.82. The topological polar surface area (TPSA) is 88.4 Å². The molecule has 1 amide bonds. The van der Waals surface area contributed by atoms with E-state index >= 15 is 0 Å². The van der Waals surface area contributed by atoms with Gasteiger partial charge in [0.25, 0.3) is 5.91 Å². The second-order valence-electron chi connectivity index (χ2n) is 4.91. The third-order valence-electron chi connectivity index (χ3n) is 3.06. The number of nitrogens with one attached hydrogen (secondary N) is 1. The number of nitriles is 1. The Morgan fingerprint density at radius 3 is 2.42 bits per heavy atom. The highest BCUT2D eigenvalue weighted by Gasteiger charge is 2.18. The second kappa shape index (κ2) is 8.34. The van der Waals surface area contributed by atoms with E-state index in [4.69, 9.17) is 14.7 Å². The lowest BCUT2D eigenvalue weighted by molar-refractivity contribution is -0.155. The fraction of sp³-hybridized carbons (Fsp3) is 0.167. The van der Waals surface area contributed by atoms with E-state index in [1.165, 1.54) is 6.92 Å². The zero-order valence-electron chi connectivity index (χ0n) is 13.1. The molecule has 6 nitrogen and oxygen atoms in total. The molecule has 0 aromatic heterocycles. The normalized spacial score (nSPS) is 11.0. The molecule has 0 aliphatic rings. The maximum absolute atomic E-state index is 12.0. The molecule has 122 valence electrons. The van der Waals surface area contributed by atoms with E-state index in [2.05, 4.69) is 5.32 Å². The molecule has 0 unspecified atom stereocenters. The molecule has 24 heavy (non-hydrogen) atoms. The van der Waals surface area contributed by atoms with E-state index in [1.54, 1.807) is 48.5 Å². The number of hydrogen-bond acceptors (Lipinski definition) is 5. The van der Waals surface area contributed by atoms with Crippen LogP contribution in [-0.4, -0.2) is 24.6 Å². The van der Waals surface area contributed by atoms with E-state index in [0.29, 0.717) is 17.0 Å². The van der Waals surface area contributed by atoms with Crippen LogP contribution in [0.5, 0.6) is 5.75 Å². The Kier molecular flexibility index (Phi) is 5.92. The number of carbonyl (C=O) groups is 2. The Bertz CT molecular complexity index is 736. The molecule has 2 rings (SSSR count). The summed E-state index contributed by atoms with van der Waals surface area (Å²) in [6.45, 7) is 1.19. The smallest absolute Gasteiger partial charge is 0.344 e. The van der Waals surface area contributed by atoms with E-state index < -0.39 is 18.0 Å². The molecule has 2 aromatic rings. The largest absolute Gasteiger partial charge is 0.482 e. The molecule has 0 heterocycles. The van der Waals surface area contributed by atoms with Crippen LogP contribution in [0.1, 0.15) is 12.5 Å². The second-order valence-corrected chi connectivity index (χ2v) is 4.91. The number of benzene rings is 2. The highest BCUT2D eigenvalue weighted by Crippen LogP contribution is 2.10. The Morgan fingerprint density at radius 1 is 1.12 bits per heavy atom. The number of carbonyl (C=O) groups excluding carboxylic acids is 2. The van der Waals surface area contributed by atoms with E-state index in [0.717, 1.165) is 0 Å². The van der Waals surface area contributed by atoms with Gasteiger partial charge in [-0.3, -0.25) is 4.79 Å². The number of amides is 1. The number of ether oxygens (including phenoxy) is 2. The van der Waals surface area contributed by atoms with Gasteiger partial charge in [-0.15, -0.1) is 0 Å². The summed E-state index contributed by atoms with van der Waals surface area (Å²) in [5.74, 6) is -0.557. The molecule has 0 aliphatic heterocycles. The molecule has 0 aliphatic carbocycles. The quantitative estimate of drug-likeness (QED) is 0.825. The summed E-state index contributed by atoms with van der Waals surface area (Å²) < 4.78 is 10.3. The molecule has 0 bridgehead atoms. The van der Waals surface area contributed by atoms with Crippen molar-refractivity contribution in [1.82, 2.24) is 0 Å². The molecule has 1 atom stereocenters. The van der Waals surface area contributed by atoms with E-state index in [-0.39, 0.29) is 6.61 Å². The first kappa shape index (κ1) is 17.0. The van der Waals surface area contributed by atoms with Gasteiger partial charge in [0.2, 0.25) is 0 Å². The Balaban J connectivity index is 1.80. The van der Waals surface area contributed by atoms with Gasteiger partial charge in [-0.2, -0.15) is 5.26 Å². The summed E-state index contributed by atoms with van der Waals surface area (Å²) in [7, 11) is 0. The van der Waals surface area contributed by atoms with Crippen LogP contribution in [0.3, 0.4) is 0 Å². The first-order chi connectivity index (χ1) is 11.6. The number of hydrogen-bond donors (Lipinski definition) is 1. The number of para-hydroxylation sites is 1. The summed E-state index contributed by atoms with van der Waals surface area (Å²) in [6, 6.07) is 17.2. The minimum Gasteiger partial charge on any atom is -0.482 e. The van der Waals surface area contributed by atoms with Gasteiger partial charge in [-0.1, -0.05) is 18.2 Å². The molecule has 1 N–H and O–H groups in total. The Hall–Kier alpha value is -3.33. The van der Waals surface area contributed by atoms with Crippen LogP contribution in [0, 0.1) is 11.3 Å². The minimum atomic E-state index is -0.965. The molecule has 0 fully saturated rings. The van der Waals surface area contributed by atoms with Crippen molar-refractivity contribution in [2.24, 2.45) is 0 Å². The Morgan fingerprint density at radius 2 is 1.79 bits per heavy atom. The van der Waals surface area contributed by atoms with Crippen LogP contribution in [0.2, 0.25) is 0 Å². The van der Waals surface area contributed by atoms with Gasteiger partial charge in [0.05, 0.1) is 11.6 Å². The van der Waals surface area contributed by atoms with Crippen molar-refractivity contribution in [2.45, 2.75) is 13.0 Å². The van der Waals surface area contributed by atoms with Crippen LogP contribution in [0.4, 0.5) is 5.69 Å². The van der Waals surface area contributed by atoms with Gasteiger partial charge in [0.15, 0.2) is 12.7 Å². The first-order valence-corrected chi connectivity index (χ1v) is 7.27. The standard InChI is InChI=1S/C18H16N2O4/c1-13(18(22)20-15-9-7-14(11-19)8-10-15)24-17(21)12-23-16-5-3-2-4-6-16/h2-10,13H,12H2,1H3,(H,20,22)/t13-/m0/s1. The number of esters is 1. The molecule has 0 saturated heterocycles. The highest BCUT2D eigenvalue weighted by molar-refractivity contribution is 5.95. The van der Waals surface area contributed by atoms with Crippen LogP contribution in [0.15, 0.2) is 54.6 Å². The van der Waals surface area contributed by atoms with Gasteiger partial charge in [0, 0.05) is 5.69 Å². The third-order valence-corrected chi connectivity index (χ3v) is 3.06. The lowest BCUT2D eigenvalue weighted by Crippen LogP contribution is -2.31. The van der Waals surface area contributed by atoms with Gasteiger partial charge in [0.1, 0.15) is 5.75 Å². The van der Waals surface area contributed by atoms with Crippen LogP contribution >= 0.6 is 0 Å². The zero-order chi connectivity index (χ0) is 17.4. The molecule has 2 aromatic carbocycles. The lowest BCUT2D eigenvalue weighted by atomic mass is 10.2. The molecule has 6 heteroatoms. The van der Waals surface area contributed by atoms with Crippen molar-refractivity contribution < 1.29 is 19.1 Å². The predicted molar refractivity (Wildman–Crippen MR) is 87.3 cm³/mol. The van der Waals surface area contributed by atoms with Crippen LogP contribution < -0.4 is 10.1 Å². The van der Waals surface area contributed by atoms with Crippen molar-refractivity contribution >= 4 is 17.6 Å². The number of anilines is 1. The maximum atomic E-state index is 12.0. The monoisotopic (exact) mass is 324 g/mol. The summed E-state index contributed by atoms with van der Waals surface area (Å²) in [5.41, 5.74) is 1.01. The average Bonchev–Trinajstić information content (AvgIpc) is 2.61. The average molecular weight is 324 g/mol. The molecule has 0 saturated carbocycles. The SMILES string of the molecule is C[C@H](OC(=O)COc1ccccc1)C(=O)Nc1ccc(C#N)cc1. The van der Waals surface area contributed by atoms with Gasteiger partial charge in [-0.05, 0) is 43.3 Å². The van der Waals surface area contributed by atoms with E-state index in [9.17, 15) is 9.59 Å². The highest BCUT2D eigenvalue weighted by atomic mass is 16.6. The predicted octanol–water partition coefficient (Wildman–Crippen LogP) is 2.51. The van der Waals surface area contributed by atoms with Crippen molar-refractivity contribution in [1.29, 1.82) is 5.26 Å². The zero-order valence-corrected chi connectivity index (χ0v) is 13.1. The first-order valence-electron chi connectivity index (χ1n) is 7.27. The molecule has 0 radical (unpaired) electrons. The summed E-state index contributed by atoms with van der Waals surface area (Å²) in [6.07, 6.45) is -0.965. The third kappa shape index (κ3) is 5.14. The van der Waals surface area contributed by atoms with Gasteiger partial charge < -0.3 is 14.8 Å². The van der Waals surface area contributed by atoms with Gasteiger partial charge in [-0.25, -0.2) is 4.79 Å². The van der Waals surface area contributed by atoms with Crippen LogP contribution in [0.25, 0.3) is 0 Å². The molecule has 0 spiro atoms. The number of nitrogens with zero attached hydrogens (tertiary/aromatic N) is 1. The molecular formula is C18H16N2O4. The van der Waals surface area contributed by atoms with Crippen molar-refractivity contribution in [3.05, 3.63) is 60.2 Å². The van der Waals surface area contributed by atoms with Crippen molar-refractivity contribution in [2.75, 3.05) is 11.9 Å². The summed E-state index contributed by atoms with van der Waals surface area (Å²) >= 11 is 0. The minimum absolute atomic E-state index is 0.279. The van der Waals surface area contributed by atoms with Crippen molar-refractivity contribution in [3.63, 3.8) is 0 Å². The van der Waals surface area contributed by atoms with Crippen molar-refractivity contribution in [3.8, 4) is 11.8 Å².